The molecule has 6 nitrogen and oxygen atoms in total. The molecule has 2 N–H and O–H groups in total. The Morgan fingerprint density at radius 2 is 2.12 bits per heavy atom. The van der Waals surface area contributed by atoms with Crippen molar-refractivity contribution in [3.8, 4) is 0 Å². The SMILES string of the molecule is COC(C)C1OC(C)OC1COC(O)[I-]O. The molecule has 0 bridgehead atoms. The van der Waals surface area contributed by atoms with Gasteiger partial charge in [0.05, 0.1) is 0 Å². The number of alkyl halides is 1. The van der Waals surface area contributed by atoms with E-state index in [1.165, 1.54) is 0 Å². The van der Waals surface area contributed by atoms with Gasteiger partial charge in [-0.3, -0.25) is 0 Å². The monoisotopic (exact) mass is 349 g/mol. The van der Waals surface area contributed by atoms with Crippen molar-refractivity contribution in [2.45, 2.75) is 42.7 Å². The summed E-state index contributed by atoms with van der Waals surface area (Å²) in [6.07, 6.45) is -0.920. The number of hydrogen-bond donors (Lipinski definition) is 2. The van der Waals surface area contributed by atoms with Gasteiger partial charge in [-0.05, 0) is 0 Å². The average Bonchev–Trinajstić information content (AvgIpc) is 2.66. The zero-order valence-corrected chi connectivity index (χ0v) is 11.7. The van der Waals surface area contributed by atoms with E-state index in [4.69, 9.17) is 27.5 Å². The quantitative estimate of drug-likeness (QED) is 0.294. The molecule has 16 heavy (non-hydrogen) atoms. The summed E-state index contributed by atoms with van der Waals surface area (Å²) in [5.41, 5.74) is 0. The predicted octanol–water partition coefficient (Wildman–Crippen LogP) is -3.56. The Labute approximate surface area is 106 Å². The minimum atomic E-state index is -1.32. The molecule has 0 aliphatic carbocycles. The van der Waals surface area contributed by atoms with Gasteiger partial charge in [0.25, 0.3) is 0 Å². The van der Waals surface area contributed by atoms with Crippen LogP contribution in [0, 0.1) is 0 Å². The summed E-state index contributed by atoms with van der Waals surface area (Å²) in [6, 6.07) is 0. The van der Waals surface area contributed by atoms with Crippen LogP contribution in [0.2, 0.25) is 0 Å². The van der Waals surface area contributed by atoms with Crippen molar-refractivity contribution in [3.63, 3.8) is 0 Å². The number of halogens is 1. The van der Waals surface area contributed by atoms with Gasteiger partial charge < -0.3 is 0 Å². The predicted molar refractivity (Wildman–Crippen MR) is 49.9 cm³/mol. The summed E-state index contributed by atoms with van der Waals surface area (Å²) in [7, 11) is 1.60. The van der Waals surface area contributed by atoms with Crippen LogP contribution in [-0.2, 0) is 18.9 Å². The maximum atomic E-state index is 9.12. The molecular formula is C9H18IO6-. The van der Waals surface area contributed by atoms with Crippen LogP contribution < -0.4 is 21.6 Å². The molecule has 1 saturated heterocycles. The van der Waals surface area contributed by atoms with E-state index in [2.05, 4.69) is 0 Å². The first-order valence-electron chi connectivity index (χ1n) is 4.99. The molecule has 1 aliphatic heterocycles. The van der Waals surface area contributed by atoms with E-state index >= 15 is 0 Å². The molecule has 0 spiro atoms. The van der Waals surface area contributed by atoms with Crippen LogP contribution in [0.15, 0.2) is 0 Å². The van der Waals surface area contributed by atoms with Gasteiger partial charge in [0.15, 0.2) is 0 Å². The molecule has 0 aromatic rings. The van der Waals surface area contributed by atoms with Crippen LogP contribution in [0.3, 0.4) is 0 Å². The molecule has 7 heteroatoms. The van der Waals surface area contributed by atoms with Crippen LogP contribution in [0.5, 0.6) is 0 Å². The molecule has 0 aromatic heterocycles. The van der Waals surface area contributed by atoms with Crippen molar-refractivity contribution >= 4 is 0 Å². The summed E-state index contributed by atoms with van der Waals surface area (Å²) in [5, 5.41) is 9.12. The van der Waals surface area contributed by atoms with E-state index < -0.39 is 25.9 Å². The van der Waals surface area contributed by atoms with E-state index in [1.807, 2.05) is 6.92 Å². The topological polar surface area (TPSA) is 77.4 Å². The summed E-state index contributed by atoms with van der Waals surface area (Å²) in [5.74, 6) is 0. The molecule has 5 atom stereocenters. The van der Waals surface area contributed by atoms with Crippen molar-refractivity contribution in [3.05, 3.63) is 0 Å². The number of aliphatic hydroxyl groups excluding tert-OH is 1. The molecule has 0 aromatic carbocycles. The summed E-state index contributed by atoms with van der Waals surface area (Å²) in [6.45, 7) is 3.86. The molecule has 5 unspecified atom stereocenters. The van der Waals surface area contributed by atoms with E-state index in [-0.39, 0.29) is 31.2 Å². The second kappa shape index (κ2) is 7.04. The number of ether oxygens (including phenoxy) is 4. The van der Waals surface area contributed by atoms with Gasteiger partial charge in [-0.25, -0.2) is 0 Å². The number of aliphatic hydroxyl groups is 1. The molecule has 1 heterocycles. The Bertz CT molecular complexity index is 204. The Kier molecular flexibility index (Phi) is 6.40. The van der Waals surface area contributed by atoms with Gasteiger partial charge in [0.1, 0.15) is 0 Å². The Morgan fingerprint density at radius 3 is 2.69 bits per heavy atom. The van der Waals surface area contributed by atoms with Crippen LogP contribution in [0.1, 0.15) is 13.8 Å². The maximum absolute atomic E-state index is 9.12. The molecule has 1 aliphatic rings. The van der Waals surface area contributed by atoms with Crippen LogP contribution >= 0.6 is 0 Å². The van der Waals surface area contributed by atoms with E-state index in [0.717, 1.165) is 0 Å². The van der Waals surface area contributed by atoms with Gasteiger partial charge >= 0.3 is 106 Å². The first kappa shape index (κ1) is 14.6. The zero-order chi connectivity index (χ0) is 12.1. The second-order valence-corrected chi connectivity index (χ2v) is 5.13. The fourth-order valence-electron chi connectivity index (χ4n) is 1.55. The van der Waals surface area contributed by atoms with E-state index in [0.29, 0.717) is 0 Å². The third-order valence-corrected chi connectivity index (χ3v) is 3.23. The molecule has 1 fully saturated rings. The molecule has 1 rings (SSSR count). The first-order valence-corrected chi connectivity index (χ1v) is 7.20. The molecule has 98 valence electrons. The van der Waals surface area contributed by atoms with E-state index in [9.17, 15) is 0 Å². The Hall–Kier alpha value is 0.490. The number of hydrogen-bond acceptors (Lipinski definition) is 6. The molecular weight excluding hydrogens is 331 g/mol. The van der Waals surface area contributed by atoms with Crippen molar-refractivity contribution in [1.82, 2.24) is 0 Å². The van der Waals surface area contributed by atoms with E-state index in [1.54, 1.807) is 14.0 Å². The van der Waals surface area contributed by atoms with Crippen LogP contribution in [0.4, 0.5) is 0 Å². The second-order valence-electron chi connectivity index (χ2n) is 3.51. The van der Waals surface area contributed by atoms with Gasteiger partial charge in [-0.15, -0.1) is 0 Å². The van der Waals surface area contributed by atoms with Crippen LogP contribution in [0.25, 0.3) is 0 Å². The fourth-order valence-corrected chi connectivity index (χ4v) is 1.92. The molecule has 0 saturated carbocycles. The Balaban J connectivity index is 2.43. The third-order valence-electron chi connectivity index (χ3n) is 2.40. The third kappa shape index (κ3) is 4.06. The summed E-state index contributed by atoms with van der Waals surface area (Å²) >= 11 is -1.32. The normalized spacial score (nSPS) is 34.2. The molecule has 0 amide bonds. The minimum absolute atomic E-state index is 0.112. The molecule has 0 radical (unpaired) electrons. The van der Waals surface area contributed by atoms with Crippen LogP contribution in [-0.4, -0.2) is 51.2 Å². The van der Waals surface area contributed by atoms with Crippen molar-refractivity contribution in [1.29, 1.82) is 0 Å². The van der Waals surface area contributed by atoms with Gasteiger partial charge in [0, 0.05) is 0 Å². The summed E-state index contributed by atoms with van der Waals surface area (Å²) in [4.78, 5) is 0. The Morgan fingerprint density at radius 1 is 1.44 bits per heavy atom. The average molecular weight is 349 g/mol. The van der Waals surface area contributed by atoms with Gasteiger partial charge in [-0.2, -0.15) is 0 Å². The standard InChI is InChI=1S/C9H18IO6/c1-5(13-3)8-7(15-6(2)16-8)4-14-9(11)10-12/h5-9,11-12H,4H2,1-3H3/q-1. The van der Waals surface area contributed by atoms with Crippen molar-refractivity contribution in [2.24, 2.45) is 0 Å². The van der Waals surface area contributed by atoms with Crippen molar-refractivity contribution in [2.75, 3.05) is 13.7 Å². The number of rotatable bonds is 6. The summed E-state index contributed by atoms with van der Waals surface area (Å²) < 4.78 is 28.9. The zero-order valence-electron chi connectivity index (χ0n) is 9.50. The van der Waals surface area contributed by atoms with Gasteiger partial charge in [-0.1, -0.05) is 0 Å². The van der Waals surface area contributed by atoms with Gasteiger partial charge in [0.2, 0.25) is 0 Å². The number of methoxy groups -OCH3 is 1. The first-order chi connectivity index (χ1) is 7.58. The fraction of sp³-hybridized carbons (Fsp3) is 1.00. The van der Waals surface area contributed by atoms with Crippen molar-refractivity contribution < 1.29 is 49.1 Å².